The molecule has 0 bridgehead atoms. The molecule has 29 heavy (non-hydrogen) atoms. The van der Waals surface area contributed by atoms with Crippen LogP contribution in [0, 0.1) is 0 Å². The van der Waals surface area contributed by atoms with Gasteiger partial charge in [0.15, 0.2) is 0 Å². The summed E-state index contributed by atoms with van der Waals surface area (Å²) in [7, 11) is 0. The summed E-state index contributed by atoms with van der Waals surface area (Å²) in [5, 5.41) is 0.684. The number of hydrogen-bond donors (Lipinski definition) is 1. The van der Waals surface area contributed by atoms with E-state index in [0.717, 1.165) is 17.1 Å². The Morgan fingerprint density at radius 1 is 1.28 bits per heavy atom. The van der Waals surface area contributed by atoms with Crippen LogP contribution in [0.25, 0.3) is 11.0 Å². The van der Waals surface area contributed by atoms with Crippen molar-refractivity contribution in [2.45, 2.75) is 13.3 Å². The summed E-state index contributed by atoms with van der Waals surface area (Å²) in [4.78, 5) is 49.4. The van der Waals surface area contributed by atoms with Gasteiger partial charge in [0.05, 0.1) is 17.2 Å². The lowest BCUT2D eigenvalue weighted by Gasteiger charge is -2.37. The third-order valence-electron chi connectivity index (χ3n) is 5.04. The van der Waals surface area contributed by atoms with Crippen molar-refractivity contribution in [3.63, 3.8) is 0 Å². The Morgan fingerprint density at radius 3 is 2.76 bits per heavy atom. The molecule has 1 N–H and O–H groups in total. The number of ether oxygens (including phenoxy) is 1. The number of thioether (sulfide) groups is 1. The van der Waals surface area contributed by atoms with Gasteiger partial charge in [0, 0.05) is 43.5 Å². The first-order chi connectivity index (χ1) is 14.1. The normalized spacial score (nSPS) is 16.8. The van der Waals surface area contributed by atoms with E-state index in [1.54, 1.807) is 30.9 Å². The summed E-state index contributed by atoms with van der Waals surface area (Å²) >= 11 is 1.60. The van der Waals surface area contributed by atoms with Crippen molar-refractivity contribution in [1.82, 2.24) is 14.9 Å². The van der Waals surface area contributed by atoms with Gasteiger partial charge in [0.25, 0.3) is 11.5 Å². The number of nitrogens with zero attached hydrogens (tertiary/aromatic N) is 3. The summed E-state index contributed by atoms with van der Waals surface area (Å²) in [6.07, 6.45) is 4.52. The van der Waals surface area contributed by atoms with E-state index in [4.69, 9.17) is 4.74 Å². The van der Waals surface area contributed by atoms with Crippen molar-refractivity contribution >= 4 is 40.4 Å². The average molecular weight is 414 g/mol. The van der Waals surface area contributed by atoms with Crippen molar-refractivity contribution in [1.29, 1.82) is 0 Å². The molecule has 2 aliphatic heterocycles. The summed E-state index contributed by atoms with van der Waals surface area (Å²) in [6.45, 7) is 3.96. The molecule has 0 atom stereocenters. The number of hydrogen-bond acceptors (Lipinski definition) is 7. The fourth-order valence-electron chi connectivity index (χ4n) is 3.69. The molecule has 0 spiro atoms. The van der Waals surface area contributed by atoms with Crippen molar-refractivity contribution < 1.29 is 14.3 Å². The van der Waals surface area contributed by atoms with Crippen LogP contribution in [0.4, 0.5) is 5.69 Å². The molecule has 0 unspecified atom stereocenters. The van der Waals surface area contributed by atoms with Crippen LogP contribution in [0.15, 0.2) is 34.1 Å². The van der Waals surface area contributed by atoms with Crippen molar-refractivity contribution in [3.8, 4) is 0 Å². The maximum Gasteiger partial charge on any atom is 0.345 e. The Hall–Kier alpha value is -2.81. The standard InChI is InChI=1S/C20H22N4O4S/c1-2-28-20(27)15-16(13-5-3-7-21-17(13)22-18(15)25)23-8-10-24(11-9-23)19(26)14-6-4-12-29-14/h3,5-7H,2,4,8-12H2,1H3,(H,21,22,25). The number of amides is 1. The molecule has 4 rings (SSSR count). The highest BCUT2D eigenvalue weighted by molar-refractivity contribution is 8.04. The smallest absolute Gasteiger partial charge is 0.345 e. The zero-order valence-corrected chi connectivity index (χ0v) is 17.0. The number of anilines is 1. The van der Waals surface area contributed by atoms with Crippen LogP contribution in [-0.4, -0.2) is 65.3 Å². The highest BCUT2D eigenvalue weighted by Gasteiger charge is 2.30. The largest absolute Gasteiger partial charge is 0.462 e. The maximum atomic E-state index is 12.7. The van der Waals surface area contributed by atoms with Gasteiger partial charge < -0.3 is 19.5 Å². The first-order valence-electron chi connectivity index (χ1n) is 9.65. The Labute approximate surface area is 171 Å². The lowest BCUT2D eigenvalue weighted by molar-refractivity contribution is -0.126. The molecule has 2 aromatic heterocycles. The van der Waals surface area contributed by atoms with Crippen LogP contribution >= 0.6 is 11.8 Å². The Morgan fingerprint density at radius 2 is 2.07 bits per heavy atom. The zero-order valence-electron chi connectivity index (χ0n) is 16.1. The number of piperazine rings is 1. The molecule has 9 heteroatoms. The van der Waals surface area contributed by atoms with E-state index in [0.29, 0.717) is 42.9 Å². The third kappa shape index (κ3) is 3.74. The second-order valence-electron chi connectivity index (χ2n) is 6.78. The molecule has 2 aromatic rings. The van der Waals surface area contributed by atoms with E-state index in [2.05, 4.69) is 9.97 Å². The van der Waals surface area contributed by atoms with Gasteiger partial charge in [-0.15, -0.1) is 11.8 Å². The predicted molar refractivity (Wildman–Crippen MR) is 112 cm³/mol. The van der Waals surface area contributed by atoms with Crippen LogP contribution in [0.1, 0.15) is 23.7 Å². The number of allylic oxidation sites excluding steroid dienone is 1. The van der Waals surface area contributed by atoms with E-state index < -0.39 is 11.5 Å². The summed E-state index contributed by atoms with van der Waals surface area (Å²) in [5.74, 6) is 0.367. The summed E-state index contributed by atoms with van der Waals surface area (Å²) in [5.41, 5.74) is 0.417. The molecular formula is C20H22N4O4S. The van der Waals surface area contributed by atoms with E-state index in [-0.39, 0.29) is 18.1 Å². The average Bonchev–Trinajstić information content (AvgIpc) is 3.27. The summed E-state index contributed by atoms with van der Waals surface area (Å²) < 4.78 is 5.14. The number of H-pyrrole nitrogens is 1. The number of nitrogens with one attached hydrogen (secondary N) is 1. The van der Waals surface area contributed by atoms with Crippen LogP contribution in [0.2, 0.25) is 0 Å². The monoisotopic (exact) mass is 414 g/mol. The fourth-order valence-corrected chi connectivity index (χ4v) is 4.63. The molecular weight excluding hydrogens is 392 g/mol. The van der Waals surface area contributed by atoms with Crippen LogP contribution < -0.4 is 10.5 Å². The molecule has 4 heterocycles. The van der Waals surface area contributed by atoms with E-state index in [9.17, 15) is 14.4 Å². The maximum absolute atomic E-state index is 12.7. The minimum atomic E-state index is -0.652. The Bertz CT molecular complexity index is 1040. The first kappa shape index (κ1) is 19.5. The van der Waals surface area contributed by atoms with Gasteiger partial charge in [0.2, 0.25) is 0 Å². The number of carbonyl (C=O) groups is 2. The number of rotatable bonds is 4. The summed E-state index contributed by atoms with van der Waals surface area (Å²) in [6, 6.07) is 3.59. The molecule has 0 aliphatic carbocycles. The lowest BCUT2D eigenvalue weighted by Crippen LogP contribution is -2.49. The number of aromatic amines is 1. The van der Waals surface area contributed by atoms with E-state index in [1.807, 2.05) is 21.9 Å². The second kappa shape index (κ2) is 8.28. The van der Waals surface area contributed by atoms with Gasteiger partial charge in [-0.3, -0.25) is 9.59 Å². The molecule has 0 radical (unpaired) electrons. The zero-order chi connectivity index (χ0) is 20.4. The number of pyridine rings is 2. The van der Waals surface area contributed by atoms with Crippen LogP contribution in [0.5, 0.6) is 0 Å². The molecule has 1 saturated heterocycles. The highest BCUT2D eigenvalue weighted by Crippen LogP contribution is 2.30. The number of carbonyl (C=O) groups excluding carboxylic acids is 2. The van der Waals surface area contributed by atoms with Gasteiger partial charge in [-0.25, -0.2) is 9.78 Å². The molecule has 0 saturated carbocycles. The second-order valence-corrected chi connectivity index (χ2v) is 7.92. The van der Waals surface area contributed by atoms with Gasteiger partial charge in [0.1, 0.15) is 11.2 Å². The number of fused-ring (bicyclic) bond motifs is 1. The third-order valence-corrected chi connectivity index (χ3v) is 6.13. The Kier molecular flexibility index (Phi) is 5.57. The number of esters is 1. The van der Waals surface area contributed by atoms with Gasteiger partial charge in [-0.1, -0.05) is 6.08 Å². The topological polar surface area (TPSA) is 95.6 Å². The van der Waals surface area contributed by atoms with Gasteiger partial charge >= 0.3 is 5.97 Å². The van der Waals surface area contributed by atoms with Gasteiger partial charge in [-0.2, -0.15) is 0 Å². The molecule has 1 fully saturated rings. The Balaban J connectivity index is 1.66. The minimum Gasteiger partial charge on any atom is -0.462 e. The number of aromatic nitrogens is 2. The highest BCUT2D eigenvalue weighted by atomic mass is 32.2. The molecule has 2 aliphatic rings. The first-order valence-corrected chi connectivity index (χ1v) is 10.6. The van der Waals surface area contributed by atoms with Crippen LogP contribution in [0.3, 0.4) is 0 Å². The van der Waals surface area contributed by atoms with Crippen molar-refractivity contribution in [2.24, 2.45) is 0 Å². The van der Waals surface area contributed by atoms with Crippen molar-refractivity contribution in [2.75, 3.05) is 43.4 Å². The molecule has 0 aromatic carbocycles. The van der Waals surface area contributed by atoms with E-state index in [1.165, 1.54) is 0 Å². The SMILES string of the molecule is CCOC(=O)c1c(N2CCN(C(=O)C3=CCCS3)CC2)c2cccnc2[nH]c1=O. The lowest BCUT2D eigenvalue weighted by atomic mass is 10.1. The fraction of sp³-hybridized carbons (Fsp3) is 0.400. The van der Waals surface area contributed by atoms with Gasteiger partial charge in [-0.05, 0) is 25.5 Å². The molecule has 1 amide bonds. The minimum absolute atomic E-state index is 0.0128. The quantitative estimate of drug-likeness (QED) is 0.762. The predicted octanol–water partition coefficient (Wildman–Crippen LogP) is 1.77. The van der Waals surface area contributed by atoms with Crippen LogP contribution in [-0.2, 0) is 9.53 Å². The molecule has 8 nitrogen and oxygen atoms in total. The van der Waals surface area contributed by atoms with E-state index >= 15 is 0 Å². The van der Waals surface area contributed by atoms with Crippen molar-refractivity contribution in [3.05, 3.63) is 45.2 Å². The molecule has 152 valence electrons.